The second kappa shape index (κ2) is 5.61. The Morgan fingerprint density at radius 3 is 2.91 bits per heavy atom. The lowest BCUT2D eigenvalue weighted by Crippen LogP contribution is -2.31. The number of imidazole rings is 1. The Morgan fingerprint density at radius 2 is 2.13 bits per heavy atom. The Balaban J connectivity index is 1.60. The van der Waals surface area contributed by atoms with Crippen molar-refractivity contribution in [2.24, 2.45) is 0 Å². The lowest BCUT2D eigenvalue weighted by Gasteiger charge is -2.24. The highest BCUT2D eigenvalue weighted by Crippen LogP contribution is 2.34. The molecule has 1 aromatic carbocycles. The van der Waals surface area contributed by atoms with Crippen molar-refractivity contribution in [3.05, 3.63) is 41.5 Å². The Labute approximate surface area is 134 Å². The molecule has 0 bridgehead atoms. The molecular formula is C17H19N3O3. The third kappa shape index (κ3) is 2.54. The van der Waals surface area contributed by atoms with Gasteiger partial charge in [-0.3, -0.25) is 4.79 Å². The molecule has 23 heavy (non-hydrogen) atoms. The molecule has 2 aliphatic rings. The number of hydrogen-bond acceptors (Lipinski definition) is 4. The maximum atomic E-state index is 12.9. The van der Waals surface area contributed by atoms with Gasteiger partial charge in [0.1, 0.15) is 19.0 Å². The van der Waals surface area contributed by atoms with Crippen LogP contribution in [0.4, 0.5) is 0 Å². The maximum Gasteiger partial charge on any atom is 0.254 e. The van der Waals surface area contributed by atoms with Crippen LogP contribution in [0.25, 0.3) is 0 Å². The number of likely N-dealkylation sites (tertiary alicyclic amines) is 1. The van der Waals surface area contributed by atoms with E-state index >= 15 is 0 Å². The first-order valence-electron chi connectivity index (χ1n) is 7.94. The van der Waals surface area contributed by atoms with Crippen LogP contribution in [-0.4, -0.2) is 40.5 Å². The minimum atomic E-state index is 0.0125. The summed E-state index contributed by atoms with van der Waals surface area (Å²) in [6.45, 7) is 3.78. The van der Waals surface area contributed by atoms with Crippen molar-refractivity contribution in [2.75, 3.05) is 19.8 Å². The minimum absolute atomic E-state index is 0.0125. The summed E-state index contributed by atoms with van der Waals surface area (Å²) < 4.78 is 11.1. The van der Waals surface area contributed by atoms with Crippen molar-refractivity contribution < 1.29 is 14.3 Å². The third-order valence-corrected chi connectivity index (χ3v) is 4.34. The zero-order valence-corrected chi connectivity index (χ0v) is 13.0. The third-order valence-electron chi connectivity index (χ3n) is 4.34. The van der Waals surface area contributed by atoms with Gasteiger partial charge in [-0.2, -0.15) is 0 Å². The standard InChI is InChI=1S/C17H19N3O3/c1-11-10-18-16(19-11)13-3-2-6-20(13)17(21)12-4-5-14-15(9-12)23-8-7-22-14/h4-5,9-10,13H,2-3,6-8H2,1H3,(H,18,19)/t13-/m1/s1. The number of ether oxygens (including phenoxy) is 2. The van der Waals surface area contributed by atoms with E-state index in [1.807, 2.05) is 17.9 Å². The molecule has 1 aromatic heterocycles. The fraction of sp³-hybridized carbons (Fsp3) is 0.412. The molecule has 0 saturated carbocycles. The fourth-order valence-electron chi connectivity index (χ4n) is 3.24. The van der Waals surface area contributed by atoms with Crippen molar-refractivity contribution >= 4 is 5.91 Å². The number of nitrogens with zero attached hydrogens (tertiary/aromatic N) is 2. The van der Waals surface area contributed by atoms with Gasteiger partial charge in [-0.15, -0.1) is 0 Å². The average molecular weight is 313 g/mol. The number of H-pyrrole nitrogens is 1. The van der Waals surface area contributed by atoms with Crippen LogP contribution < -0.4 is 9.47 Å². The lowest BCUT2D eigenvalue weighted by atomic mass is 10.1. The molecular weight excluding hydrogens is 294 g/mol. The summed E-state index contributed by atoms with van der Waals surface area (Å²) in [6, 6.07) is 5.41. The minimum Gasteiger partial charge on any atom is -0.486 e. The molecule has 0 spiro atoms. The Kier molecular flexibility index (Phi) is 3.44. The van der Waals surface area contributed by atoms with E-state index in [1.54, 1.807) is 18.3 Å². The summed E-state index contributed by atoms with van der Waals surface area (Å²) in [6.07, 6.45) is 3.73. The summed E-state index contributed by atoms with van der Waals surface area (Å²) in [5, 5.41) is 0. The van der Waals surface area contributed by atoms with E-state index in [4.69, 9.17) is 9.47 Å². The first-order valence-corrected chi connectivity index (χ1v) is 7.94. The molecule has 1 N–H and O–H groups in total. The first-order chi connectivity index (χ1) is 11.2. The average Bonchev–Trinajstić information content (AvgIpc) is 3.22. The number of benzene rings is 1. The van der Waals surface area contributed by atoms with Crippen LogP contribution in [-0.2, 0) is 0 Å². The van der Waals surface area contributed by atoms with Crippen LogP contribution in [0.3, 0.4) is 0 Å². The molecule has 1 atom stereocenters. The smallest absolute Gasteiger partial charge is 0.254 e. The molecule has 1 amide bonds. The zero-order chi connectivity index (χ0) is 15.8. The Hall–Kier alpha value is -2.50. The number of rotatable bonds is 2. The van der Waals surface area contributed by atoms with Crippen LogP contribution in [0.5, 0.6) is 11.5 Å². The van der Waals surface area contributed by atoms with Crippen molar-refractivity contribution in [1.29, 1.82) is 0 Å². The quantitative estimate of drug-likeness (QED) is 0.925. The summed E-state index contributed by atoms with van der Waals surface area (Å²) in [4.78, 5) is 22.5. The summed E-state index contributed by atoms with van der Waals surface area (Å²) >= 11 is 0. The van der Waals surface area contributed by atoms with E-state index in [-0.39, 0.29) is 11.9 Å². The molecule has 1 fully saturated rings. The number of aromatic amines is 1. The first kappa shape index (κ1) is 14.1. The second-order valence-corrected chi connectivity index (χ2v) is 5.97. The monoisotopic (exact) mass is 313 g/mol. The molecule has 6 nitrogen and oxygen atoms in total. The van der Waals surface area contributed by atoms with Crippen LogP contribution >= 0.6 is 0 Å². The number of aromatic nitrogens is 2. The molecule has 4 rings (SSSR count). The molecule has 6 heteroatoms. The van der Waals surface area contributed by atoms with Gasteiger partial charge in [0, 0.05) is 24.0 Å². The van der Waals surface area contributed by atoms with E-state index in [1.165, 1.54) is 0 Å². The highest BCUT2D eigenvalue weighted by Gasteiger charge is 2.32. The SMILES string of the molecule is Cc1cnc([C@H]2CCCN2C(=O)c2ccc3c(c2)OCCO3)[nH]1. The van der Waals surface area contributed by atoms with E-state index in [0.717, 1.165) is 30.9 Å². The van der Waals surface area contributed by atoms with Gasteiger partial charge in [-0.05, 0) is 38.0 Å². The molecule has 120 valence electrons. The normalized spacial score (nSPS) is 19.9. The molecule has 2 aliphatic heterocycles. The molecule has 3 heterocycles. The van der Waals surface area contributed by atoms with Crippen molar-refractivity contribution in [2.45, 2.75) is 25.8 Å². The number of fused-ring (bicyclic) bond motifs is 1. The summed E-state index contributed by atoms with van der Waals surface area (Å²) in [5.74, 6) is 2.23. The zero-order valence-electron chi connectivity index (χ0n) is 13.0. The van der Waals surface area contributed by atoms with Crippen LogP contribution in [0.15, 0.2) is 24.4 Å². The van der Waals surface area contributed by atoms with E-state index in [0.29, 0.717) is 30.3 Å². The van der Waals surface area contributed by atoms with Crippen LogP contribution in [0.2, 0.25) is 0 Å². The number of nitrogens with one attached hydrogen (secondary N) is 1. The highest BCUT2D eigenvalue weighted by molar-refractivity contribution is 5.95. The topological polar surface area (TPSA) is 67.5 Å². The van der Waals surface area contributed by atoms with Gasteiger partial charge in [0.2, 0.25) is 0 Å². The summed E-state index contributed by atoms with van der Waals surface area (Å²) in [5.41, 5.74) is 1.64. The predicted octanol–water partition coefficient (Wildman–Crippen LogP) is 2.47. The lowest BCUT2D eigenvalue weighted by molar-refractivity contribution is 0.0729. The maximum absolute atomic E-state index is 12.9. The van der Waals surface area contributed by atoms with Gasteiger partial charge >= 0.3 is 0 Å². The summed E-state index contributed by atoms with van der Waals surface area (Å²) in [7, 11) is 0. The molecule has 2 aromatic rings. The fourth-order valence-corrected chi connectivity index (χ4v) is 3.24. The van der Waals surface area contributed by atoms with Gasteiger partial charge in [0.15, 0.2) is 11.5 Å². The largest absolute Gasteiger partial charge is 0.486 e. The second-order valence-electron chi connectivity index (χ2n) is 5.97. The Morgan fingerprint density at radius 1 is 1.30 bits per heavy atom. The highest BCUT2D eigenvalue weighted by atomic mass is 16.6. The van der Waals surface area contributed by atoms with Gasteiger partial charge in [0.05, 0.1) is 6.04 Å². The molecule has 0 radical (unpaired) electrons. The van der Waals surface area contributed by atoms with Crippen molar-refractivity contribution in [1.82, 2.24) is 14.9 Å². The van der Waals surface area contributed by atoms with Crippen molar-refractivity contribution in [3.63, 3.8) is 0 Å². The molecule has 1 saturated heterocycles. The van der Waals surface area contributed by atoms with Gasteiger partial charge in [-0.25, -0.2) is 4.98 Å². The molecule has 0 unspecified atom stereocenters. The number of amides is 1. The van der Waals surface area contributed by atoms with E-state index in [9.17, 15) is 4.79 Å². The van der Waals surface area contributed by atoms with E-state index in [2.05, 4.69) is 9.97 Å². The number of aryl methyl sites for hydroxylation is 1. The van der Waals surface area contributed by atoms with Crippen LogP contribution in [0, 0.1) is 6.92 Å². The van der Waals surface area contributed by atoms with E-state index < -0.39 is 0 Å². The van der Waals surface area contributed by atoms with Gasteiger partial charge in [0.25, 0.3) is 5.91 Å². The number of hydrogen-bond donors (Lipinski definition) is 1. The van der Waals surface area contributed by atoms with Crippen LogP contribution in [0.1, 0.15) is 40.8 Å². The number of carbonyl (C=O) groups excluding carboxylic acids is 1. The van der Waals surface area contributed by atoms with Crippen molar-refractivity contribution in [3.8, 4) is 11.5 Å². The number of carbonyl (C=O) groups is 1. The predicted molar refractivity (Wildman–Crippen MR) is 83.8 cm³/mol. The van der Waals surface area contributed by atoms with Gasteiger partial charge in [-0.1, -0.05) is 0 Å². The Bertz CT molecular complexity index is 740. The van der Waals surface area contributed by atoms with Gasteiger partial charge < -0.3 is 19.4 Å². The molecule has 0 aliphatic carbocycles.